The van der Waals surface area contributed by atoms with E-state index in [2.05, 4.69) is 5.32 Å². The number of amides is 2. The molecule has 0 aromatic heterocycles. The molecule has 0 unspecified atom stereocenters. The second-order valence-electron chi connectivity index (χ2n) is 5.37. The van der Waals surface area contributed by atoms with Gasteiger partial charge in [-0.15, -0.1) is 0 Å². The van der Waals surface area contributed by atoms with Crippen LogP contribution in [0.5, 0.6) is 0 Å². The van der Waals surface area contributed by atoms with Gasteiger partial charge in [0.15, 0.2) is 0 Å². The number of anilines is 2. The number of nitro benzene ring substituents is 1. The number of aryl methyl sites for hydroxylation is 1. The average Bonchev–Trinajstić information content (AvgIpc) is 2.59. The van der Waals surface area contributed by atoms with Crippen molar-refractivity contribution >= 4 is 51.6 Å². The number of carbonyl (C=O) groups is 2. The number of halogens is 1. The number of benzene rings is 2. The maximum atomic E-state index is 12.3. The highest BCUT2D eigenvalue weighted by atomic mass is 35.5. The average molecular weight is 394 g/mol. The Kier molecular flexibility index (Phi) is 6.59. The Morgan fingerprint density at radius 3 is 2.62 bits per heavy atom. The first-order chi connectivity index (χ1) is 12.3. The molecule has 2 aromatic carbocycles. The van der Waals surface area contributed by atoms with Gasteiger partial charge >= 0.3 is 0 Å². The van der Waals surface area contributed by atoms with E-state index >= 15 is 0 Å². The van der Waals surface area contributed by atoms with Crippen LogP contribution in [0.4, 0.5) is 21.9 Å². The van der Waals surface area contributed by atoms with Crippen molar-refractivity contribution in [2.45, 2.75) is 6.92 Å². The Morgan fingerprint density at radius 1 is 1.27 bits per heavy atom. The van der Waals surface area contributed by atoms with Gasteiger partial charge in [-0.05, 0) is 36.8 Å². The van der Waals surface area contributed by atoms with E-state index in [9.17, 15) is 19.7 Å². The van der Waals surface area contributed by atoms with Crippen LogP contribution in [-0.2, 0) is 4.79 Å². The highest BCUT2D eigenvalue weighted by molar-refractivity contribution is 8.14. The van der Waals surface area contributed by atoms with Crippen molar-refractivity contribution in [2.24, 2.45) is 0 Å². The summed E-state index contributed by atoms with van der Waals surface area (Å²) in [5.41, 5.74) is 1.41. The molecule has 0 radical (unpaired) electrons. The van der Waals surface area contributed by atoms with E-state index in [1.807, 2.05) is 6.92 Å². The number of nitrogens with zero attached hydrogens (tertiary/aromatic N) is 2. The summed E-state index contributed by atoms with van der Waals surface area (Å²) in [4.78, 5) is 36.1. The summed E-state index contributed by atoms with van der Waals surface area (Å²) in [6, 6.07) is 11.0. The fourth-order valence-electron chi connectivity index (χ4n) is 2.24. The number of nitro groups is 1. The summed E-state index contributed by atoms with van der Waals surface area (Å²) >= 11 is 6.71. The van der Waals surface area contributed by atoms with Gasteiger partial charge in [0.25, 0.3) is 10.9 Å². The Bertz CT molecular complexity index is 860. The summed E-state index contributed by atoms with van der Waals surface area (Å²) in [7, 11) is 1.60. The van der Waals surface area contributed by atoms with Crippen molar-refractivity contribution in [1.82, 2.24) is 0 Å². The van der Waals surface area contributed by atoms with E-state index in [0.29, 0.717) is 10.7 Å². The number of hydrogen-bond acceptors (Lipinski definition) is 5. The zero-order chi connectivity index (χ0) is 19.3. The van der Waals surface area contributed by atoms with Gasteiger partial charge in [-0.2, -0.15) is 0 Å². The molecule has 2 aromatic rings. The van der Waals surface area contributed by atoms with Crippen molar-refractivity contribution < 1.29 is 14.5 Å². The van der Waals surface area contributed by atoms with Crippen molar-refractivity contribution in [3.63, 3.8) is 0 Å². The van der Waals surface area contributed by atoms with Crippen LogP contribution in [0.15, 0.2) is 42.5 Å². The van der Waals surface area contributed by atoms with E-state index < -0.39 is 10.8 Å². The molecular weight excluding hydrogens is 378 g/mol. The molecular formula is C17H16ClN3O4S. The molecule has 0 saturated heterocycles. The predicted molar refractivity (Wildman–Crippen MR) is 104 cm³/mol. The summed E-state index contributed by atoms with van der Waals surface area (Å²) in [5, 5.41) is 13.7. The van der Waals surface area contributed by atoms with Crippen LogP contribution in [0, 0.1) is 17.0 Å². The first kappa shape index (κ1) is 19.7. The SMILES string of the molecule is Cc1cc(Cl)ccc1N(C)C(=O)SCC(=O)Nc1ccccc1[N+](=O)[O-]. The molecule has 26 heavy (non-hydrogen) atoms. The molecule has 0 fully saturated rings. The summed E-state index contributed by atoms with van der Waals surface area (Å²) < 4.78 is 0. The Labute approximate surface area is 159 Å². The van der Waals surface area contributed by atoms with Gasteiger partial charge in [-0.25, -0.2) is 0 Å². The Balaban J connectivity index is 1.97. The van der Waals surface area contributed by atoms with Crippen LogP contribution in [0.25, 0.3) is 0 Å². The third-order valence-corrected chi connectivity index (χ3v) is 4.66. The number of carbonyl (C=O) groups excluding carboxylic acids is 2. The second kappa shape index (κ2) is 8.68. The van der Waals surface area contributed by atoms with Gasteiger partial charge in [-0.3, -0.25) is 19.7 Å². The summed E-state index contributed by atoms with van der Waals surface area (Å²) in [6.07, 6.45) is 0. The lowest BCUT2D eigenvalue weighted by Crippen LogP contribution is -2.25. The van der Waals surface area contributed by atoms with Gasteiger partial charge in [0.2, 0.25) is 5.91 Å². The number of para-hydroxylation sites is 2. The van der Waals surface area contributed by atoms with Crippen LogP contribution in [0.1, 0.15) is 5.56 Å². The molecule has 136 valence electrons. The van der Waals surface area contributed by atoms with Crippen LogP contribution < -0.4 is 10.2 Å². The predicted octanol–water partition coefficient (Wildman–Crippen LogP) is 4.48. The molecule has 0 saturated carbocycles. The third kappa shape index (κ3) is 4.96. The minimum atomic E-state index is -0.578. The summed E-state index contributed by atoms with van der Waals surface area (Å²) in [6.45, 7) is 1.83. The van der Waals surface area contributed by atoms with Crippen molar-refractivity contribution in [3.05, 3.63) is 63.2 Å². The highest BCUT2D eigenvalue weighted by Crippen LogP contribution is 2.26. The van der Waals surface area contributed by atoms with Gasteiger partial charge < -0.3 is 10.2 Å². The van der Waals surface area contributed by atoms with Gasteiger partial charge in [-0.1, -0.05) is 35.5 Å². The van der Waals surface area contributed by atoms with Crippen LogP contribution in [0.2, 0.25) is 5.02 Å². The molecule has 2 rings (SSSR count). The Morgan fingerprint density at radius 2 is 1.96 bits per heavy atom. The molecule has 0 aliphatic rings. The molecule has 0 heterocycles. The fourth-order valence-corrected chi connectivity index (χ4v) is 3.09. The molecule has 0 aliphatic heterocycles. The van der Waals surface area contributed by atoms with E-state index in [1.165, 1.54) is 23.1 Å². The van der Waals surface area contributed by atoms with Gasteiger partial charge in [0.05, 0.1) is 10.7 Å². The topological polar surface area (TPSA) is 92.6 Å². The Hall–Kier alpha value is -2.58. The second-order valence-corrected chi connectivity index (χ2v) is 6.73. The van der Waals surface area contributed by atoms with E-state index in [-0.39, 0.29) is 22.4 Å². The van der Waals surface area contributed by atoms with Gasteiger partial charge in [0, 0.05) is 23.8 Å². The highest BCUT2D eigenvalue weighted by Gasteiger charge is 2.18. The van der Waals surface area contributed by atoms with Crippen LogP contribution in [-0.4, -0.2) is 28.9 Å². The van der Waals surface area contributed by atoms with E-state index in [1.54, 1.807) is 31.3 Å². The maximum absolute atomic E-state index is 12.3. The molecule has 7 nitrogen and oxygen atoms in total. The smallest absolute Gasteiger partial charge is 0.292 e. The first-order valence-electron chi connectivity index (χ1n) is 7.49. The summed E-state index contributed by atoms with van der Waals surface area (Å²) in [5.74, 6) is -0.666. The van der Waals surface area contributed by atoms with Crippen molar-refractivity contribution in [1.29, 1.82) is 0 Å². The third-order valence-electron chi connectivity index (χ3n) is 3.50. The number of rotatable bonds is 5. The number of hydrogen-bond donors (Lipinski definition) is 1. The number of thioether (sulfide) groups is 1. The monoisotopic (exact) mass is 393 g/mol. The molecule has 1 N–H and O–H groups in total. The maximum Gasteiger partial charge on any atom is 0.292 e. The minimum absolute atomic E-state index is 0.0949. The van der Waals surface area contributed by atoms with Crippen LogP contribution in [0.3, 0.4) is 0 Å². The lowest BCUT2D eigenvalue weighted by molar-refractivity contribution is -0.383. The zero-order valence-corrected chi connectivity index (χ0v) is 15.6. The molecule has 0 bridgehead atoms. The molecule has 9 heteroatoms. The minimum Gasteiger partial charge on any atom is -0.320 e. The molecule has 0 aliphatic carbocycles. The molecule has 2 amide bonds. The fraction of sp³-hybridized carbons (Fsp3) is 0.176. The number of nitrogens with one attached hydrogen (secondary N) is 1. The zero-order valence-electron chi connectivity index (χ0n) is 14.1. The lowest BCUT2D eigenvalue weighted by atomic mass is 10.2. The van der Waals surface area contributed by atoms with E-state index in [0.717, 1.165) is 17.3 Å². The van der Waals surface area contributed by atoms with E-state index in [4.69, 9.17) is 11.6 Å². The lowest BCUT2D eigenvalue weighted by Gasteiger charge is -2.19. The quantitative estimate of drug-likeness (QED) is 0.597. The molecule has 0 spiro atoms. The van der Waals surface area contributed by atoms with Crippen molar-refractivity contribution in [3.8, 4) is 0 Å². The van der Waals surface area contributed by atoms with Gasteiger partial charge in [0.1, 0.15) is 5.69 Å². The standard InChI is InChI=1S/C17H16ClN3O4S/c1-11-9-12(18)7-8-14(11)20(2)17(23)26-10-16(22)19-13-5-3-4-6-15(13)21(24)25/h3-9H,10H2,1-2H3,(H,19,22). The largest absolute Gasteiger partial charge is 0.320 e. The normalized spacial score (nSPS) is 10.3. The first-order valence-corrected chi connectivity index (χ1v) is 8.86. The van der Waals surface area contributed by atoms with Crippen LogP contribution >= 0.6 is 23.4 Å². The van der Waals surface area contributed by atoms with Crippen molar-refractivity contribution in [2.75, 3.05) is 23.0 Å². The molecule has 0 atom stereocenters.